The molecule has 0 heterocycles. The van der Waals surface area contributed by atoms with E-state index in [4.69, 9.17) is 14.2 Å². The Hall–Kier alpha value is -2.30. The molecule has 1 aromatic carbocycles. The summed E-state index contributed by atoms with van der Waals surface area (Å²) in [6.07, 6.45) is -0.656. The van der Waals surface area contributed by atoms with Crippen molar-refractivity contribution in [3.63, 3.8) is 0 Å². The van der Waals surface area contributed by atoms with Gasteiger partial charge in [-0.15, -0.1) is 0 Å². The lowest BCUT2D eigenvalue weighted by Gasteiger charge is -2.16. The Morgan fingerprint density at radius 3 is 2.35 bits per heavy atom. The van der Waals surface area contributed by atoms with Crippen molar-refractivity contribution >= 4 is 11.9 Å². The van der Waals surface area contributed by atoms with Crippen molar-refractivity contribution < 1.29 is 23.8 Å². The summed E-state index contributed by atoms with van der Waals surface area (Å²) < 4.78 is 15.3. The van der Waals surface area contributed by atoms with Crippen LogP contribution in [-0.2, 0) is 14.3 Å². The first-order valence-corrected chi connectivity index (χ1v) is 6.20. The molecule has 0 N–H and O–H groups in total. The van der Waals surface area contributed by atoms with E-state index in [1.807, 2.05) is 0 Å². The highest BCUT2D eigenvalue weighted by atomic mass is 16.6. The molecule has 0 aliphatic heterocycles. The Labute approximate surface area is 118 Å². The van der Waals surface area contributed by atoms with Gasteiger partial charge in [0, 0.05) is 5.57 Å². The maximum Gasteiger partial charge on any atom is 0.352 e. The monoisotopic (exact) mass is 278 g/mol. The molecular formula is C15H18O5. The zero-order valence-corrected chi connectivity index (χ0v) is 11.8. The molecule has 0 fully saturated rings. The van der Waals surface area contributed by atoms with Crippen molar-refractivity contribution in [1.82, 2.24) is 0 Å². The first-order chi connectivity index (χ1) is 9.49. The van der Waals surface area contributed by atoms with Crippen LogP contribution < -0.4 is 9.47 Å². The largest absolute Gasteiger partial charge is 0.493 e. The van der Waals surface area contributed by atoms with Crippen LogP contribution in [0.5, 0.6) is 11.5 Å². The summed E-state index contributed by atoms with van der Waals surface area (Å²) in [5, 5.41) is 0. The number of ether oxygens (including phenoxy) is 3. The molecule has 108 valence electrons. The molecule has 20 heavy (non-hydrogen) atoms. The fraction of sp³-hybridized carbons (Fsp3) is 0.333. The summed E-state index contributed by atoms with van der Waals surface area (Å²) in [5.74, 6) is -0.549. The van der Waals surface area contributed by atoms with E-state index in [0.717, 1.165) is 0 Å². The predicted octanol–water partition coefficient (Wildman–Crippen LogP) is 2.50. The van der Waals surface area contributed by atoms with E-state index in [1.54, 1.807) is 31.2 Å². The Morgan fingerprint density at radius 1 is 1.25 bits per heavy atom. The second kappa shape index (κ2) is 7.33. The van der Waals surface area contributed by atoms with Crippen molar-refractivity contribution in [3.05, 3.63) is 36.4 Å². The van der Waals surface area contributed by atoms with E-state index in [2.05, 4.69) is 6.58 Å². The minimum atomic E-state index is -0.968. The van der Waals surface area contributed by atoms with Crippen molar-refractivity contribution in [2.24, 2.45) is 0 Å². The lowest BCUT2D eigenvalue weighted by atomic mass is 10.2. The van der Waals surface area contributed by atoms with Crippen LogP contribution in [0.2, 0.25) is 0 Å². The van der Waals surface area contributed by atoms with Crippen LogP contribution in [-0.4, -0.2) is 25.2 Å². The van der Waals surface area contributed by atoms with Crippen LogP contribution in [0, 0.1) is 0 Å². The first kappa shape index (κ1) is 15.8. The van der Waals surface area contributed by atoms with Gasteiger partial charge in [-0.05, 0) is 25.5 Å². The average Bonchev–Trinajstić information content (AvgIpc) is 2.44. The molecule has 1 unspecified atom stereocenters. The number of esters is 2. The van der Waals surface area contributed by atoms with Gasteiger partial charge in [0.05, 0.1) is 7.11 Å². The van der Waals surface area contributed by atoms with E-state index in [-0.39, 0.29) is 11.3 Å². The number of benzene rings is 1. The molecule has 0 amide bonds. The molecule has 5 heteroatoms. The molecule has 0 saturated heterocycles. The fourth-order valence-electron chi connectivity index (χ4n) is 1.41. The van der Waals surface area contributed by atoms with Crippen LogP contribution in [0.3, 0.4) is 0 Å². The highest BCUT2D eigenvalue weighted by Gasteiger charge is 2.24. The van der Waals surface area contributed by atoms with Gasteiger partial charge in [0.1, 0.15) is 0 Å². The number of methoxy groups -OCH3 is 1. The molecule has 0 aliphatic carbocycles. The second-order valence-electron chi connectivity index (χ2n) is 4.15. The molecule has 1 atom stereocenters. The number of carbonyl (C=O) groups is 2. The Bertz CT molecular complexity index is 507. The van der Waals surface area contributed by atoms with Gasteiger partial charge in [-0.3, -0.25) is 0 Å². The highest BCUT2D eigenvalue weighted by Crippen LogP contribution is 2.26. The standard InChI is InChI=1S/C15H18O5/c1-5-11(19-14(16)10(2)3)15(17)20-13-9-7-6-8-12(13)18-4/h6-9,11H,2,5H2,1,3-4H3. The van der Waals surface area contributed by atoms with Gasteiger partial charge >= 0.3 is 11.9 Å². The van der Waals surface area contributed by atoms with Crippen LogP contribution in [0.15, 0.2) is 36.4 Å². The maximum absolute atomic E-state index is 12.0. The van der Waals surface area contributed by atoms with E-state index < -0.39 is 18.0 Å². The minimum absolute atomic E-state index is 0.230. The predicted molar refractivity (Wildman–Crippen MR) is 73.6 cm³/mol. The zero-order chi connectivity index (χ0) is 15.1. The van der Waals surface area contributed by atoms with Crippen LogP contribution >= 0.6 is 0 Å². The molecule has 0 aromatic heterocycles. The summed E-state index contributed by atoms with van der Waals surface area (Å²) in [4.78, 5) is 23.4. The molecule has 0 radical (unpaired) electrons. The second-order valence-corrected chi connectivity index (χ2v) is 4.15. The van der Waals surface area contributed by atoms with E-state index >= 15 is 0 Å². The van der Waals surface area contributed by atoms with Gasteiger partial charge in [0.15, 0.2) is 17.6 Å². The SMILES string of the molecule is C=C(C)C(=O)OC(CC)C(=O)Oc1ccccc1OC. The quantitative estimate of drug-likeness (QED) is 0.454. The van der Waals surface area contributed by atoms with Crippen LogP contribution in [0.25, 0.3) is 0 Å². The third-order valence-electron chi connectivity index (χ3n) is 2.51. The van der Waals surface area contributed by atoms with Gasteiger partial charge < -0.3 is 14.2 Å². The molecule has 1 aromatic rings. The van der Waals surface area contributed by atoms with Crippen molar-refractivity contribution in [2.75, 3.05) is 7.11 Å². The summed E-state index contributed by atoms with van der Waals surface area (Å²) in [5.41, 5.74) is 0.230. The number of para-hydroxylation sites is 2. The Kier molecular flexibility index (Phi) is 5.77. The smallest absolute Gasteiger partial charge is 0.352 e. The highest BCUT2D eigenvalue weighted by molar-refractivity contribution is 5.89. The van der Waals surface area contributed by atoms with Crippen LogP contribution in [0.4, 0.5) is 0 Å². The first-order valence-electron chi connectivity index (χ1n) is 6.20. The maximum atomic E-state index is 12.0. The molecule has 1 rings (SSSR count). The number of hydrogen-bond donors (Lipinski definition) is 0. The third-order valence-corrected chi connectivity index (χ3v) is 2.51. The third kappa shape index (κ3) is 4.12. The van der Waals surface area contributed by atoms with Crippen molar-refractivity contribution in [1.29, 1.82) is 0 Å². The van der Waals surface area contributed by atoms with Gasteiger partial charge in [-0.1, -0.05) is 25.6 Å². The summed E-state index contributed by atoms with van der Waals surface area (Å²) in [6.45, 7) is 6.70. The topological polar surface area (TPSA) is 61.8 Å². The molecule has 0 spiro atoms. The van der Waals surface area contributed by atoms with Gasteiger partial charge in [-0.2, -0.15) is 0 Å². The van der Waals surface area contributed by atoms with Crippen molar-refractivity contribution in [3.8, 4) is 11.5 Å². The van der Waals surface area contributed by atoms with E-state index in [0.29, 0.717) is 12.2 Å². The minimum Gasteiger partial charge on any atom is -0.493 e. The molecular weight excluding hydrogens is 260 g/mol. The summed E-state index contributed by atoms with van der Waals surface area (Å²) >= 11 is 0. The van der Waals surface area contributed by atoms with E-state index in [9.17, 15) is 9.59 Å². The average molecular weight is 278 g/mol. The zero-order valence-electron chi connectivity index (χ0n) is 11.8. The molecule has 0 aliphatic rings. The van der Waals surface area contributed by atoms with E-state index in [1.165, 1.54) is 14.0 Å². The molecule has 0 saturated carbocycles. The van der Waals surface area contributed by atoms with Crippen molar-refractivity contribution in [2.45, 2.75) is 26.4 Å². The summed E-state index contributed by atoms with van der Waals surface area (Å²) in [7, 11) is 1.48. The Morgan fingerprint density at radius 2 is 1.85 bits per heavy atom. The van der Waals surface area contributed by atoms with Gasteiger partial charge in [0.2, 0.25) is 0 Å². The lowest BCUT2D eigenvalue weighted by molar-refractivity contribution is -0.159. The number of carbonyl (C=O) groups excluding carboxylic acids is 2. The normalized spacial score (nSPS) is 11.3. The van der Waals surface area contributed by atoms with Crippen LogP contribution in [0.1, 0.15) is 20.3 Å². The lowest BCUT2D eigenvalue weighted by Crippen LogP contribution is -2.30. The number of hydrogen-bond acceptors (Lipinski definition) is 5. The summed E-state index contributed by atoms with van der Waals surface area (Å²) in [6, 6.07) is 6.74. The molecule has 0 bridgehead atoms. The fourth-order valence-corrected chi connectivity index (χ4v) is 1.41. The van der Waals surface area contributed by atoms with Gasteiger partial charge in [-0.25, -0.2) is 9.59 Å². The molecule has 5 nitrogen and oxygen atoms in total. The number of rotatable bonds is 6. The van der Waals surface area contributed by atoms with Gasteiger partial charge in [0.25, 0.3) is 0 Å². The Balaban J connectivity index is 2.77.